The number of nitrogens with zero attached hydrogens (tertiary/aromatic N) is 3. The molecule has 3 rings (SSSR count). The Morgan fingerprint density at radius 2 is 1.88 bits per heavy atom. The van der Waals surface area contributed by atoms with E-state index in [1.807, 2.05) is 24.5 Å². The van der Waals surface area contributed by atoms with Crippen LogP contribution < -0.4 is 10.2 Å². The number of carbonyl (C=O) groups is 1. The molecule has 1 aliphatic rings. The van der Waals surface area contributed by atoms with Gasteiger partial charge in [-0.3, -0.25) is 4.98 Å². The fourth-order valence-electron chi connectivity index (χ4n) is 2.25. The minimum Gasteiger partial charge on any atom is -0.475 e. The van der Waals surface area contributed by atoms with Crippen molar-refractivity contribution in [2.24, 2.45) is 0 Å². The molecule has 2 N–H and O–H groups in total. The van der Waals surface area contributed by atoms with Gasteiger partial charge in [-0.15, -0.1) is 0 Å². The standard InChI is InChI=1S/C15H18N4.C2HF3O2/c1-11-5-3-4-6-13(11)14-9-17-10-15(18-14)19(2)12-7-16-8-12;3-2(4,5)1(6)7/h3-6,9-10,12,16H,7-8H2,1-2H3;(H,6,7). The minimum atomic E-state index is -5.08. The number of aryl methyl sites for hydroxylation is 1. The lowest BCUT2D eigenvalue weighted by atomic mass is 10.1. The third-order valence-electron chi connectivity index (χ3n) is 3.95. The van der Waals surface area contributed by atoms with Gasteiger partial charge in [-0.05, 0) is 12.5 Å². The van der Waals surface area contributed by atoms with Crippen molar-refractivity contribution in [1.29, 1.82) is 0 Å². The summed E-state index contributed by atoms with van der Waals surface area (Å²) in [6, 6.07) is 8.80. The molecule has 1 aromatic carbocycles. The molecule has 2 heterocycles. The lowest BCUT2D eigenvalue weighted by molar-refractivity contribution is -0.192. The summed E-state index contributed by atoms with van der Waals surface area (Å²) in [5, 5.41) is 10.4. The summed E-state index contributed by atoms with van der Waals surface area (Å²) in [5.41, 5.74) is 3.31. The topological polar surface area (TPSA) is 78.4 Å². The number of likely N-dealkylation sites (N-methyl/N-ethyl adjacent to an activating group) is 1. The van der Waals surface area contributed by atoms with Crippen LogP contribution in [-0.2, 0) is 4.79 Å². The maximum absolute atomic E-state index is 10.6. The molecule has 9 heteroatoms. The van der Waals surface area contributed by atoms with Crippen LogP contribution in [0.2, 0.25) is 0 Å². The van der Waals surface area contributed by atoms with Crippen LogP contribution in [0.3, 0.4) is 0 Å². The van der Waals surface area contributed by atoms with Crippen molar-refractivity contribution < 1.29 is 23.1 Å². The van der Waals surface area contributed by atoms with Gasteiger partial charge in [0.05, 0.1) is 24.1 Å². The lowest BCUT2D eigenvalue weighted by Crippen LogP contribution is -2.56. The van der Waals surface area contributed by atoms with Crippen molar-refractivity contribution in [2.75, 3.05) is 25.0 Å². The number of benzene rings is 1. The number of hydrogen-bond acceptors (Lipinski definition) is 5. The van der Waals surface area contributed by atoms with Crippen molar-refractivity contribution in [1.82, 2.24) is 15.3 Å². The number of halogens is 3. The van der Waals surface area contributed by atoms with Gasteiger partial charge in [-0.1, -0.05) is 24.3 Å². The Bertz CT molecular complexity index is 764. The zero-order valence-electron chi connectivity index (χ0n) is 14.3. The predicted molar refractivity (Wildman–Crippen MR) is 91.0 cm³/mol. The average molecular weight is 368 g/mol. The van der Waals surface area contributed by atoms with E-state index in [1.54, 1.807) is 0 Å². The molecule has 0 amide bonds. The van der Waals surface area contributed by atoms with Gasteiger partial charge in [0, 0.05) is 25.7 Å². The quantitative estimate of drug-likeness (QED) is 0.867. The van der Waals surface area contributed by atoms with Crippen LogP contribution in [0.15, 0.2) is 36.7 Å². The van der Waals surface area contributed by atoms with E-state index >= 15 is 0 Å². The third-order valence-corrected chi connectivity index (χ3v) is 3.95. The van der Waals surface area contributed by atoms with E-state index in [4.69, 9.17) is 14.9 Å². The fourth-order valence-corrected chi connectivity index (χ4v) is 2.25. The van der Waals surface area contributed by atoms with Crippen LogP contribution in [0.1, 0.15) is 5.56 Å². The SMILES string of the molecule is Cc1ccccc1-c1cncc(N(C)C2CNC2)n1.O=C(O)C(F)(F)F. The zero-order chi connectivity index (χ0) is 19.3. The van der Waals surface area contributed by atoms with Crippen molar-refractivity contribution in [3.05, 3.63) is 42.2 Å². The molecule has 1 aliphatic heterocycles. The zero-order valence-corrected chi connectivity index (χ0v) is 14.3. The van der Waals surface area contributed by atoms with Gasteiger partial charge < -0.3 is 15.3 Å². The summed E-state index contributed by atoms with van der Waals surface area (Å²) in [4.78, 5) is 20.2. The number of aromatic nitrogens is 2. The van der Waals surface area contributed by atoms with Gasteiger partial charge >= 0.3 is 12.1 Å². The molecule has 0 aliphatic carbocycles. The Kier molecular flexibility index (Phi) is 6.14. The molecule has 1 fully saturated rings. The first kappa shape index (κ1) is 19.6. The number of hydrogen-bond donors (Lipinski definition) is 2. The Morgan fingerprint density at radius 3 is 2.38 bits per heavy atom. The van der Waals surface area contributed by atoms with Gasteiger partial charge in [0.2, 0.25) is 0 Å². The Hall–Kier alpha value is -2.68. The molecule has 6 nitrogen and oxygen atoms in total. The second kappa shape index (κ2) is 8.13. The van der Waals surface area contributed by atoms with Crippen molar-refractivity contribution in [3.63, 3.8) is 0 Å². The normalized spacial score (nSPS) is 14.0. The van der Waals surface area contributed by atoms with Crippen LogP contribution in [-0.4, -0.2) is 53.4 Å². The molecule has 0 atom stereocenters. The molecular weight excluding hydrogens is 349 g/mol. The fraction of sp³-hybridized carbons (Fsp3) is 0.353. The smallest absolute Gasteiger partial charge is 0.475 e. The highest BCUT2D eigenvalue weighted by Crippen LogP contribution is 2.23. The van der Waals surface area contributed by atoms with E-state index in [-0.39, 0.29) is 0 Å². The van der Waals surface area contributed by atoms with Crippen LogP contribution in [0, 0.1) is 6.92 Å². The average Bonchev–Trinajstić information content (AvgIpc) is 2.53. The predicted octanol–water partition coefficient (Wildman–Crippen LogP) is 2.49. The molecule has 1 aromatic heterocycles. The maximum atomic E-state index is 10.6. The molecule has 0 radical (unpaired) electrons. The van der Waals surface area contributed by atoms with Gasteiger partial charge in [0.1, 0.15) is 5.82 Å². The van der Waals surface area contributed by atoms with Crippen molar-refractivity contribution in [2.45, 2.75) is 19.1 Å². The van der Waals surface area contributed by atoms with Crippen LogP contribution >= 0.6 is 0 Å². The van der Waals surface area contributed by atoms with Crippen LogP contribution in [0.5, 0.6) is 0 Å². The first-order valence-electron chi connectivity index (χ1n) is 7.82. The first-order chi connectivity index (χ1) is 12.2. The molecule has 0 unspecified atom stereocenters. The Morgan fingerprint density at radius 1 is 1.27 bits per heavy atom. The maximum Gasteiger partial charge on any atom is 0.490 e. The molecule has 140 valence electrons. The first-order valence-corrected chi connectivity index (χ1v) is 7.82. The van der Waals surface area contributed by atoms with Gasteiger partial charge in [-0.25, -0.2) is 9.78 Å². The number of anilines is 1. The van der Waals surface area contributed by atoms with E-state index in [0.717, 1.165) is 30.2 Å². The molecular formula is C17H19F3N4O2. The minimum absolute atomic E-state index is 0.529. The highest BCUT2D eigenvalue weighted by Gasteiger charge is 2.38. The number of alkyl halides is 3. The monoisotopic (exact) mass is 368 g/mol. The summed E-state index contributed by atoms with van der Waals surface area (Å²) in [7, 11) is 2.08. The number of rotatable bonds is 3. The summed E-state index contributed by atoms with van der Waals surface area (Å²) in [6.45, 7) is 4.14. The highest BCUT2D eigenvalue weighted by atomic mass is 19.4. The summed E-state index contributed by atoms with van der Waals surface area (Å²) < 4.78 is 31.7. The number of nitrogens with one attached hydrogen (secondary N) is 1. The van der Waals surface area contributed by atoms with Gasteiger partial charge in [-0.2, -0.15) is 13.2 Å². The molecule has 0 spiro atoms. The van der Waals surface area contributed by atoms with Crippen molar-refractivity contribution >= 4 is 11.8 Å². The third kappa shape index (κ3) is 4.92. The summed E-state index contributed by atoms with van der Waals surface area (Å²) >= 11 is 0. The molecule has 26 heavy (non-hydrogen) atoms. The second-order valence-corrected chi connectivity index (χ2v) is 5.80. The molecule has 0 bridgehead atoms. The number of aliphatic carboxylic acids is 1. The van der Waals surface area contributed by atoms with E-state index in [0.29, 0.717) is 6.04 Å². The summed E-state index contributed by atoms with van der Waals surface area (Å²) in [6.07, 6.45) is -1.42. The van der Waals surface area contributed by atoms with Gasteiger partial charge in [0.15, 0.2) is 0 Å². The van der Waals surface area contributed by atoms with E-state index in [1.165, 1.54) is 5.56 Å². The summed E-state index contributed by atoms with van der Waals surface area (Å²) in [5.74, 6) is -1.82. The van der Waals surface area contributed by atoms with E-state index < -0.39 is 12.1 Å². The number of carboxylic acid groups (broad SMARTS) is 1. The van der Waals surface area contributed by atoms with E-state index in [9.17, 15) is 13.2 Å². The second-order valence-electron chi connectivity index (χ2n) is 5.80. The molecule has 0 saturated carbocycles. The molecule has 1 saturated heterocycles. The van der Waals surface area contributed by atoms with Gasteiger partial charge in [0.25, 0.3) is 0 Å². The van der Waals surface area contributed by atoms with E-state index in [2.05, 4.69) is 41.3 Å². The highest BCUT2D eigenvalue weighted by molar-refractivity contribution is 5.73. The molecule has 2 aromatic rings. The Labute approximate surface area is 148 Å². The largest absolute Gasteiger partial charge is 0.490 e. The van der Waals surface area contributed by atoms with Crippen LogP contribution in [0.4, 0.5) is 19.0 Å². The van der Waals surface area contributed by atoms with Crippen LogP contribution in [0.25, 0.3) is 11.3 Å². The lowest BCUT2D eigenvalue weighted by Gasteiger charge is -2.36. The Balaban J connectivity index is 0.000000298. The van der Waals surface area contributed by atoms with Crippen molar-refractivity contribution in [3.8, 4) is 11.3 Å². The number of carboxylic acids is 1.